The summed E-state index contributed by atoms with van der Waals surface area (Å²) < 4.78 is 0. The monoisotopic (exact) mass is 541 g/mol. The molecule has 4 rings (SSSR count). The Bertz CT molecular complexity index is 1290. The van der Waals surface area contributed by atoms with Gasteiger partial charge in [0.15, 0.2) is 0 Å². The SMILES string of the molecule is CC(C)(C)c1ccc(CN(Cc2ccc(C(C)(C)C3CCN3)cc2)c2ccc(C(=O)NCCC(=O)O)cc2)cc1. The molecule has 1 aliphatic heterocycles. The van der Waals surface area contributed by atoms with Crippen molar-refractivity contribution in [2.45, 2.75) is 77.4 Å². The van der Waals surface area contributed by atoms with Crippen molar-refractivity contribution in [1.82, 2.24) is 10.6 Å². The van der Waals surface area contributed by atoms with Gasteiger partial charge in [0, 0.05) is 42.3 Å². The molecule has 1 fully saturated rings. The molecule has 1 amide bonds. The summed E-state index contributed by atoms with van der Waals surface area (Å²) in [5.74, 6) is -1.20. The molecule has 0 aliphatic carbocycles. The third kappa shape index (κ3) is 7.30. The van der Waals surface area contributed by atoms with Crippen LogP contribution in [0.25, 0.3) is 0 Å². The first kappa shape index (κ1) is 29.3. The van der Waals surface area contributed by atoms with E-state index in [9.17, 15) is 9.59 Å². The zero-order valence-electron chi connectivity index (χ0n) is 24.5. The van der Waals surface area contributed by atoms with Crippen LogP contribution in [0.2, 0.25) is 0 Å². The van der Waals surface area contributed by atoms with Gasteiger partial charge in [0.25, 0.3) is 5.91 Å². The fourth-order valence-corrected chi connectivity index (χ4v) is 5.14. The summed E-state index contributed by atoms with van der Waals surface area (Å²) in [6, 6.07) is 25.9. The van der Waals surface area contributed by atoms with Crippen molar-refractivity contribution in [2.24, 2.45) is 0 Å². The molecule has 6 heteroatoms. The molecule has 1 heterocycles. The van der Waals surface area contributed by atoms with Crippen LogP contribution in [0, 0.1) is 0 Å². The van der Waals surface area contributed by atoms with Crippen LogP contribution >= 0.6 is 0 Å². The van der Waals surface area contributed by atoms with E-state index in [-0.39, 0.29) is 29.7 Å². The Morgan fingerprint density at radius 3 is 1.82 bits per heavy atom. The zero-order valence-corrected chi connectivity index (χ0v) is 24.5. The quantitative estimate of drug-likeness (QED) is 0.276. The maximum atomic E-state index is 12.5. The number of carboxylic acid groups (broad SMARTS) is 1. The Morgan fingerprint density at radius 1 is 0.850 bits per heavy atom. The van der Waals surface area contributed by atoms with Crippen LogP contribution in [0.1, 0.15) is 80.1 Å². The summed E-state index contributed by atoms with van der Waals surface area (Å²) in [6.07, 6.45) is 1.11. The Hall–Kier alpha value is -3.64. The van der Waals surface area contributed by atoms with Gasteiger partial charge >= 0.3 is 5.97 Å². The van der Waals surface area contributed by atoms with Crippen LogP contribution in [0.4, 0.5) is 5.69 Å². The molecular formula is C34H43N3O3. The molecule has 0 aromatic heterocycles. The molecule has 0 radical (unpaired) electrons. The number of carbonyl (C=O) groups excluding carboxylic acids is 1. The summed E-state index contributed by atoms with van der Waals surface area (Å²) in [5, 5.41) is 15.1. The van der Waals surface area contributed by atoms with Gasteiger partial charge in [-0.2, -0.15) is 0 Å². The number of carbonyl (C=O) groups is 2. The minimum absolute atomic E-state index is 0.0894. The lowest BCUT2D eigenvalue weighted by molar-refractivity contribution is -0.136. The predicted octanol–water partition coefficient (Wildman–Crippen LogP) is 6.03. The predicted molar refractivity (Wildman–Crippen MR) is 162 cm³/mol. The summed E-state index contributed by atoms with van der Waals surface area (Å²) in [6.45, 7) is 14.0. The van der Waals surface area contributed by atoms with Crippen molar-refractivity contribution in [3.8, 4) is 0 Å². The molecule has 6 nitrogen and oxygen atoms in total. The Morgan fingerprint density at radius 2 is 1.38 bits per heavy atom. The van der Waals surface area contributed by atoms with E-state index in [0.29, 0.717) is 11.6 Å². The topological polar surface area (TPSA) is 81.7 Å². The van der Waals surface area contributed by atoms with Gasteiger partial charge in [-0.1, -0.05) is 83.1 Å². The van der Waals surface area contributed by atoms with Gasteiger partial charge in [-0.15, -0.1) is 0 Å². The summed E-state index contributed by atoms with van der Waals surface area (Å²) in [7, 11) is 0. The minimum atomic E-state index is -0.932. The van der Waals surface area contributed by atoms with E-state index in [0.717, 1.165) is 25.3 Å². The van der Waals surface area contributed by atoms with Gasteiger partial charge in [-0.25, -0.2) is 0 Å². The molecule has 0 saturated carbocycles. The first-order valence-electron chi connectivity index (χ1n) is 14.2. The molecule has 3 aromatic rings. The zero-order chi connectivity index (χ0) is 28.9. The lowest BCUT2D eigenvalue weighted by atomic mass is 9.73. The molecule has 1 unspecified atom stereocenters. The molecule has 0 spiro atoms. The summed E-state index contributed by atoms with van der Waals surface area (Å²) in [5.41, 5.74) is 6.82. The average molecular weight is 542 g/mol. The smallest absolute Gasteiger partial charge is 0.305 e. The Kier molecular flexibility index (Phi) is 8.99. The normalized spacial score (nSPS) is 15.3. The van der Waals surface area contributed by atoms with Crippen molar-refractivity contribution in [2.75, 3.05) is 18.0 Å². The number of aliphatic carboxylic acids is 1. The summed E-state index contributed by atoms with van der Waals surface area (Å²) in [4.78, 5) is 25.6. The van der Waals surface area contributed by atoms with Gasteiger partial charge in [0.1, 0.15) is 0 Å². The number of anilines is 1. The van der Waals surface area contributed by atoms with Crippen LogP contribution in [0.3, 0.4) is 0 Å². The van der Waals surface area contributed by atoms with Crippen molar-refractivity contribution in [3.05, 3.63) is 101 Å². The van der Waals surface area contributed by atoms with Gasteiger partial charge in [-0.05, 0) is 64.9 Å². The third-order valence-electron chi connectivity index (χ3n) is 8.08. The van der Waals surface area contributed by atoms with Crippen molar-refractivity contribution in [3.63, 3.8) is 0 Å². The lowest BCUT2D eigenvalue weighted by Crippen LogP contribution is -2.54. The highest BCUT2D eigenvalue weighted by molar-refractivity contribution is 5.94. The van der Waals surface area contributed by atoms with Crippen molar-refractivity contribution in [1.29, 1.82) is 0 Å². The molecule has 1 aliphatic rings. The fraction of sp³-hybridized carbons (Fsp3) is 0.412. The van der Waals surface area contributed by atoms with E-state index in [2.05, 4.69) is 98.7 Å². The van der Waals surface area contributed by atoms with Gasteiger partial charge in [-0.3, -0.25) is 9.59 Å². The number of carboxylic acids is 1. The standard InChI is InChI=1S/C34H43N3O3/c1-33(2,3)27-12-6-24(7-13-27)22-37(29-16-10-26(11-17-29)32(40)36-21-19-31(38)39)23-25-8-14-28(15-9-25)34(4,5)30-18-20-35-30/h6-17,30,35H,18-23H2,1-5H3,(H,36,40)(H,38,39). The highest BCUT2D eigenvalue weighted by Gasteiger charge is 2.34. The molecule has 212 valence electrons. The largest absolute Gasteiger partial charge is 0.481 e. The molecular weight excluding hydrogens is 498 g/mol. The van der Waals surface area contributed by atoms with Gasteiger partial charge < -0.3 is 20.6 Å². The maximum absolute atomic E-state index is 12.5. The van der Waals surface area contributed by atoms with E-state index < -0.39 is 5.97 Å². The number of amides is 1. The highest BCUT2D eigenvalue weighted by Crippen LogP contribution is 2.32. The summed E-state index contributed by atoms with van der Waals surface area (Å²) >= 11 is 0. The molecule has 40 heavy (non-hydrogen) atoms. The van der Waals surface area contributed by atoms with E-state index >= 15 is 0 Å². The molecule has 1 saturated heterocycles. The van der Waals surface area contributed by atoms with Gasteiger partial charge in [0.2, 0.25) is 0 Å². The molecule has 1 atom stereocenters. The van der Waals surface area contributed by atoms with E-state index in [1.54, 1.807) is 12.1 Å². The molecule has 3 aromatic carbocycles. The lowest BCUT2D eigenvalue weighted by Gasteiger charge is -2.42. The second-order valence-electron chi connectivity index (χ2n) is 12.5. The van der Waals surface area contributed by atoms with Crippen LogP contribution in [-0.2, 0) is 28.7 Å². The maximum Gasteiger partial charge on any atom is 0.305 e. The van der Waals surface area contributed by atoms with Crippen LogP contribution in [0.15, 0.2) is 72.8 Å². The average Bonchev–Trinajstić information content (AvgIpc) is 2.87. The number of hydrogen-bond donors (Lipinski definition) is 3. The van der Waals surface area contributed by atoms with Crippen molar-refractivity contribution < 1.29 is 14.7 Å². The number of benzene rings is 3. The Balaban J connectivity index is 1.53. The van der Waals surface area contributed by atoms with Crippen LogP contribution in [0.5, 0.6) is 0 Å². The number of hydrogen-bond acceptors (Lipinski definition) is 4. The highest BCUT2D eigenvalue weighted by atomic mass is 16.4. The Labute approximate surface area is 238 Å². The first-order valence-corrected chi connectivity index (χ1v) is 14.2. The second-order valence-corrected chi connectivity index (χ2v) is 12.5. The molecule has 3 N–H and O–H groups in total. The van der Waals surface area contributed by atoms with Crippen LogP contribution < -0.4 is 15.5 Å². The van der Waals surface area contributed by atoms with Crippen LogP contribution in [-0.4, -0.2) is 36.1 Å². The first-order chi connectivity index (χ1) is 18.9. The number of nitrogens with one attached hydrogen (secondary N) is 2. The number of nitrogens with zero attached hydrogens (tertiary/aromatic N) is 1. The van der Waals surface area contributed by atoms with E-state index in [1.807, 2.05) is 12.1 Å². The van der Waals surface area contributed by atoms with Gasteiger partial charge in [0.05, 0.1) is 6.42 Å². The van der Waals surface area contributed by atoms with E-state index in [1.165, 1.54) is 28.7 Å². The fourth-order valence-electron chi connectivity index (χ4n) is 5.14. The minimum Gasteiger partial charge on any atom is -0.481 e. The van der Waals surface area contributed by atoms with Crippen molar-refractivity contribution >= 4 is 17.6 Å². The molecule has 0 bridgehead atoms. The second kappa shape index (κ2) is 12.3. The third-order valence-corrected chi connectivity index (χ3v) is 8.08. The number of rotatable bonds is 11. The van der Waals surface area contributed by atoms with E-state index in [4.69, 9.17) is 5.11 Å².